The SMILES string of the molecule is Clc1ncn(C23CC4CC(CC(Br)(C4)C2)C3)n1. The predicted octanol–water partition coefficient (Wildman–Crippen LogP) is 3.37. The van der Waals surface area contributed by atoms with Crippen molar-refractivity contribution in [2.75, 3.05) is 0 Å². The van der Waals surface area contributed by atoms with E-state index in [1.54, 1.807) is 0 Å². The first-order chi connectivity index (χ1) is 8.07. The molecule has 1 aromatic rings. The lowest BCUT2D eigenvalue weighted by atomic mass is 9.53. The summed E-state index contributed by atoms with van der Waals surface area (Å²) in [6.45, 7) is 0. The van der Waals surface area contributed by atoms with Crippen LogP contribution in [0.2, 0.25) is 5.28 Å². The van der Waals surface area contributed by atoms with Gasteiger partial charge >= 0.3 is 0 Å². The summed E-state index contributed by atoms with van der Waals surface area (Å²) in [5.74, 6) is 1.72. The highest BCUT2D eigenvalue weighted by Crippen LogP contribution is 2.63. The third kappa shape index (κ3) is 1.53. The molecule has 2 atom stereocenters. The Kier molecular flexibility index (Phi) is 2.07. The molecule has 0 aliphatic heterocycles. The van der Waals surface area contributed by atoms with E-state index in [2.05, 4.69) is 30.7 Å². The minimum atomic E-state index is 0.188. The number of hydrogen-bond donors (Lipinski definition) is 0. The Balaban J connectivity index is 1.79. The molecule has 4 aliphatic rings. The third-order valence-corrected chi connectivity index (χ3v) is 6.01. The van der Waals surface area contributed by atoms with Crippen LogP contribution in [-0.4, -0.2) is 19.1 Å². The standard InChI is InChI=1S/C12H15BrClN3/c13-11-2-8-1-9(3-11)5-12(4-8,6-11)17-7-15-10(14)16-17/h7-9H,1-6H2. The van der Waals surface area contributed by atoms with Crippen LogP contribution in [-0.2, 0) is 5.54 Å². The van der Waals surface area contributed by atoms with Gasteiger partial charge in [0.15, 0.2) is 0 Å². The van der Waals surface area contributed by atoms with Gasteiger partial charge in [-0.3, -0.25) is 0 Å². The first-order valence-corrected chi connectivity index (χ1v) is 7.51. The lowest BCUT2D eigenvalue weighted by Gasteiger charge is -2.59. The summed E-state index contributed by atoms with van der Waals surface area (Å²) in [6, 6.07) is 0. The van der Waals surface area contributed by atoms with Gasteiger partial charge in [-0.1, -0.05) is 15.9 Å². The molecule has 17 heavy (non-hydrogen) atoms. The van der Waals surface area contributed by atoms with Gasteiger partial charge in [0, 0.05) is 4.32 Å². The van der Waals surface area contributed by atoms with Crippen molar-refractivity contribution in [2.24, 2.45) is 11.8 Å². The van der Waals surface area contributed by atoms with Crippen molar-refractivity contribution in [3.8, 4) is 0 Å². The second-order valence-corrected chi connectivity index (χ2v) is 8.31. The molecule has 0 radical (unpaired) electrons. The van der Waals surface area contributed by atoms with Crippen LogP contribution in [0.1, 0.15) is 38.5 Å². The Morgan fingerprint density at radius 3 is 2.53 bits per heavy atom. The maximum absolute atomic E-state index is 5.88. The summed E-state index contributed by atoms with van der Waals surface area (Å²) in [5, 5.41) is 4.76. The largest absolute Gasteiger partial charge is 0.245 e. The van der Waals surface area contributed by atoms with Crippen LogP contribution in [0.4, 0.5) is 0 Å². The molecule has 1 heterocycles. The molecular weight excluding hydrogens is 302 g/mol. The predicted molar refractivity (Wildman–Crippen MR) is 69.3 cm³/mol. The smallest absolute Gasteiger partial charge is 0.242 e. The highest BCUT2D eigenvalue weighted by atomic mass is 79.9. The van der Waals surface area contributed by atoms with Crippen LogP contribution in [0.15, 0.2) is 6.33 Å². The Hall–Kier alpha value is -0.0900. The van der Waals surface area contributed by atoms with Crippen molar-refractivity contribution in [3.05, 3.63) is 11.6 Å². The molecule has 0 aromatic carbocycles. The highest BCUT2D eigenvalue weighted by molar-refractivity contribution is 9.10. The van der Waals surface area contributed by atoms with E-state index in [9.17, 15) is 0 Å². The van der Waals surface area contributed by atoms with Gasteiger partial charge in [-0.25, -0.2) is 9.67 Å². The normalized spacial score (nSPS) is 47.6. The second-order valence-electron chi connectivity index (χ2n) is 6.29. The number of rotatable bonds is 1. The quantitative estimate of drug-likeness (QED) is 0.744. The Morgan fingerprint density at radius 1 is 1.29 bits per heavy atom. The molecule has 0 saturated heterocycles. The average Bonchev–Trinajstić information content (AvgIpc) is 2.61. The summed E-state index contributed by atoms with van der Waals surface area (Å²) in [4.78, 5) is 4.10. The van der Waals surface area contributed by atoms with Crippen LogP contribution in [0, 0.1) is 11.8 Å². The number of aromatic nitrogens is 3. The molecule has 4 fully saturated rings. The van der Waals surface area contributed by atoms with Gasteiger partial charge in [-0.2, -0.15) is 0 Å². The van der Waals surface area contributed by atoms with Crippen LogP contribution < -0.4 is 0 Å². The van der Waals surface area contributed by atoms with Crippen molar-refractivity contribution in [2.45, 2.75) is 48.4 Å². The minimum Gasteiger partial charge on any atom is -0.245 e. The van der Waals surface area contributed by atoms with Gasteiger partial charge in [-0.05, 0) is 62.0 Å². The molecular formula is C12H15BrClN3. The molecule has 1 aromatic heterocycles. The zero-order valence-electron chi connectivity index (χ0n) is 9.57. The van der Waals surface area contributed by atoms with Gasteiger partial charge in [0.2, 0.25) is 5.28 Å². The fourth-order valence-corrected chi connectivity index (χ4v) is 6.41. The Bertz CT molecular complexity index is 458. The van der Waals surface area contributed by atoms with Crippen LogP contribution >= 0.6 is 27.5 Å². The monoisotopic (exact) mass is 315 g/mol. The lowest BCUT2D eigenvalue weighted by Crippen LogP contribution is -2.57. The van der Waals surface area contributed by atoms with Gasteiger partial charge in [-0.15, -0.1) is 5.10 Å². The summed E-state index contributed by atoms with van der Waals surface area (Å²) in [6.07, 6.45) is 9.63. The molecule has 0 spiro atoms. The van der Waals surface area contributed by atoms with Gasteiger partial charge in [0.1, 0.15) is 6.33 Å². The number of halogens is 2. The van der Waals surface area contributed by atoms with Crippen molar-refractivity contribution < 1.29 is 0 Å². The van der Waals surface area contributed by atoms with Crippen LogP contribution in [0.3, 0.4) is 0 Å². The molecule has 4 bridgehead atoms. The number of alkyl halides is 1. The molecule has 3 nitrogen and oxygen atoms in total. The zero-order valence-corrected chi connectivity index (χ0v) is 11.9. The number of nitrogens with zero attached hydrogens (tertiary/aromatic N) is 3. The maximum atomic E-state index is 5.88. The molecule has 5 heteroatoms. The fraction of sp³-hybridized carbons (Fsp3) is 0.833. The summed E-state index contributed by atoms with van der Waals surface area (Å²) in [7, 11) is 0. The van der Waals surface area contributed by atoms with Crippen LogP contribution in [0.25, 0.3) is 0 Å². The third-order valence-electron chi connectivity index (χ3n) is 4.91. The topological polar surface area (TPSA) is 30.7 Å². The van der Waals surface area contributed by atoms with Crippen LogP contribution in [0.5, 0.6) is 0 Å². The van der Waals surface area contributed by atoms with Crippen molar-refractivity contribution in [1.29, 1.82) is 0 Å². The molecule has 0 N–H and O–H groups in total. The summed E-state index contributed by atoms with van der Waals surface area (Å²) in [5.41, 5.74) is 0.188. The van der Waals surface area contributed by atoms with E-state index in [1.165, 1.54) is 38.5 Å². The highest BCUT2D eigenvalue weighted by Gasteiger charge is 2.58. The van der Waals surface area contributed by atoms with E-state index in [4.69, 9.17) is 11.6 Å². The van der Waals surface area contributed by atoms with Gasteiger partial charge in [0.25, 0.3) is 0 Å². The molecule has 92 valence electrons. The number of hydrogen-bond acceptors (Lipinski definition) is 2. The van der Waals surface area contributed by atoms with Crippen molar-refractivity contribution in [1.82, 2.24) is 14.8 Å². The average molecular weight is 317 g/mol. The van der Waals surface area contributed by atoms with Crippen molar-refractivity contribution in [3.63, 3.8) is 0 Å². The first kappa shape index (κ1) is 10.8. The fourth-order valence-electron chi connectivity index (χ4n) is 4.84. The van der Waals surface area contributed by atoms with E-state index >= 15 is 0 Å². The maximum Gasteiger partial charge on any atom is 0.242 e. The Morgan fingerprint density at radius 2 is 2.00 bits per heavy atom. The first-order valence-electron chi connectivity index (χ1n) is 6.34. The van der Waals surface area contributed by atoms with E-state index in [-0.39, 0.29) is 5.54 Å². The lowest BCUT2D eigenvalue weighted by molar-refractivity contribution is -0.0324. The molecule has 5 rings (SSSR count). The second kappa shape index (κ2) is 3.27. The Labute approximate surface area is 114 Å². The van der Waals surface area contributed by atoms with E-state index in [0.29, 0.717) is 9.61 Å². The van der Waals surface area contributed by atoms with E-state index < -0.39 is 0 Å². The van der Waals surface area contributed by atoms with Gasteiger partial charge in [0.05, 0.1) is 5.54 Å². The summed E-state index contributed by atoms with van der Waals surface area (Å²) >= 11 is 9.88. The molecule has 2 unspecified atom stereocenters. The molecule has 4 aliphatic carbocycles. The van der Waals surface area contributed by atoms with E-state index in [0.717, 1.165) is 11.8 Å². The van der Waals surface area contributed by atoms with Crippen molar-refractivity contribution >= 4 is 27.5 Å². The van der Waals surface area contributed by atoms with Gasteiger partial charge < -0.3 is 0 Å². The molecule has 0 amide bonds. The van der Waals surface area contributed by atoms with E-state index in [1.807, 2.05) is 6.33 Å². The zero-order chi connectivity index (χ0) is 11.7. The molecule has 4 saturated carbocycles. The minimum absolute atomic E-state index is 0.188. The summed E-state index contributed by atoms with van der Waals surface area (Å²) < 4.78 is 2.42.